The van der Waals surface area contributed by atoms with E-state index in [9.17, 15) is 4.79 Å². The van der Waals surface area contributed by atoms with Crippen molar-refractivity contribution in [2.24, 2.45) is 5.92 Å². The summed E-state index contributed by atoms with van der Waals surface area (Å²) in [5.74, 6) is 1.49. The van der Waals surface area contributed by atoms with Crippen molar-refractivity contribution in [3.05, 3.63) is 90.0 Å². The van der Waals surface area contributed by atoms with Gasteiger partial charge in [-0.3, -0.25) is 9.69 Å². The van der Waals surface area contributed by atoms with E-state index in [0.717, 1.165) is 26.1 Å². The van der Waals surface area contributed by atoms with Gasteiger partial charge >= 0.3 is 0 Å². The van der Waals surface area contributed by atoms with Gasteiger partial charge < -0.3 is 14.8 Å². The van der Waals surface area contributed by atoms with Gasteiger partial charge in [0.1, 0.15) is 0 Å². The predicted molar refractivity (Wildman–Crippen MR) is 127 cm³/mol. The minimum atomic E-state index is -0.106. The lowest BCUT2D eigenvalue weighted by atomic mass is 9.84. The van der Waals surface area contributed by atoms with Crippen LogP contribution in [0, 0.1) is 5.92 Å². The molecule has 3 aromatic rings. The molecule has 166 valence electrons. The maximum Gasteiger partial charge on any atom is 0.228 e. The fraction of sp³-hybridized carbons (Fsp3) is 0.296. The smallest absolute Gasteiger partial charge is 0.228 e. The second-order valence-electron chi connectivity index (χ2n) is 8.28. The van der Waals surface area contributed by atoms with Crippen molar-refractivity contribution in [3.8, 4) is 11.5 Å². The Bertz CT molecular complexity index is 1020. The minimum Gasteiger partial charge on any atom is -0.493 e. The van der Waals surface area contributed by atoms with E-state index in [2.05, 4.69) is 58.7 Å². The Morgan fingerprint density at radius 1 is 0.906 bits per heavy atom. The van der Waals surface area contributed by atoms with E-state index in [-0.39, 0.29) is 11.8 Å². The van der Waals surface area contributed by atoms with Crippen LogP contribution in [-0.2, 0) is 11.3 Å². The molecular weight excluding hydrogens is 400 g/mol. The van der Waals surface area contributed by atoms with Crippen LogP contribution in [0.3, 0.4) is 0 Å². The van der Waals surface area contributed by atoms with Crippen molar-refractivity contribution in [2.45, 2.75) is 18.9 Å². The first-order valence-corrected chi connectivity index (χ1v) is 11.0. The normalized spacial score (nSPS) is 18.7. The first kappa shape index (κ1) is 21.9. The maximum absolute atomic E-state index is 13.3. The van der Waals surface area contributed by atoms with Gasteiger partial charge in [-0.2, -0.15) is 0 Å². The Kier molecular flexibility index (Phi) is 7.07. The zero-order chi connectivity index (χ0) is 22.3. The summed E-state index contributed by atoms with van der Waals surface area (Å²) in [4.78, 5) is 15.7. The molecule has 2 atom stereocenters. The van der Waals surface area contributed by atoms with Crippen LogP contribution in [0.2, 0.25) is 0 Å². The molecule has 1 N–H and O–H groups in total. The summed E-state index contributed by atoms with van der Waals surface area (Å²) in [6.07, 6.45) is 0.828. The van der Waals surface area contributed by atoms with E-state index in [1.54, 1.807) is 20.3 Å². The van der Waals surface area contributed by atoms with Gasteiger partial charge in [-0.15, -0.1) is 0 Å². The maximum atomic E-state index is 13.3. The van der Waals surface area contributed by atoms with Gasteiger partial charge in [0.05, 0.1) is 20.1 Å². The van der Waals surface area contributed by atoms with Gasteiger partial charge in [-0.05, 0) is 35.6 Å². The number of likely N-dealkylation sites (tertiary alicyclic amines) is 1. The Balaban J connectivity index is 1.52. The summed E-state index contributed by atoms with van der Waals surface area (Å²) < 4.78 is 10.7. The third-order valence-corrected chi connectivity index (χ3v) is 6.07. The molecule has 1 fully saturated rings. The topological polar surface area (TPSA) is 50.8 Å². The molecule has 0 bridgehead atoms. The largest absolute Gasteiger partial charge is 0.493 e. The number of nitrogens with one attached hydrogen (secondary N) is 1. The second kappa shape index (κ2) is 10.3. The number of hydrogen-bond acceptors (Lipinski definition) is 4. The van der Waals surface area contributed by atoms with Gasteiger partial charge in [-0.1, -0.05) is 60.7 Å². The third-order valence-electron chi connectivity index (χ3n) is 6.07. The van der Waals surface area contributed by atoms with Crippen LogP contribution in [0.25, 0.3) is 0 Å². The van der Waals surface area contributed by atoms with E-state index in [4.69, 9.17) is 9.47 Å². The van der Waals surface area contributed by atoms with Crippen molar-refractivity contribution in [2.75, 3.05) is 32.6 Å². The molecule has 1 aliphatic heterocycles. The molecule has 5 nitrogen and oxygen atoms in total. The molecule has 1 heterocycles. The number of carbonyl (C=O) groups is 1. The Morgan fingerprint density at radius 3 is 2.28 bits per heavy atom. The lowest BCUT2D eigenvalue weighted by Crippen LogP contribution is -2.43. The highest BCUT2D eigenvalue weighted by molar-refractivity contribution is 5.93. The van der Waals surface area contributed by atoms with Gasteiger partial charge in [0, 0.05) is 31.4 Å². The van der Waals surface area contributed by atoms with Crippen molar-refractivity contribution in [1.82, 2.24) is 4.90 Å². The summed E-state index contributed by atoms with van der Waals surface area (Å²) in [5, 5.41) is 3.09. The minimum absolute atomic E-state index is 0.0379. The molecule has 0 saturated carbocycles. The van der Waals surface area contributed by atoms with Crippen molar-refractivity contribution in [1.29, 1.82) is 0 Å². The summed E-state index contributed by atoms with van der Waals surface area (Å²) in [6, 6.07) is 26.4. The van der Waals surface area contributed by atoms with Crippen molar-refractivity contribution in [3.63, 3.8) is 0 Å². The second-order valence-corrected chi connectivity index (χ2v) is 8.28. The van der Waals surface area contributed by atoms with E-state index >= 15 is 0 Å². The summed E-state index contributed by atoms with van der Waals surface area (Å²) >= 11 is 0. The van der Waals surface area contributed by atoms with Crippen LogP contribution in [0.1, 0.15) is 23.5 Å². The van der Waals surface area contributed by atoms with Crippen molar-refractivity contribution >= 4 is 11.6 Å². The highest BCUT2D eigenvalue weighted by Crippen LogP contribution is 2.33. The number of amides is 1. The fourth-order valence-corrected chi connectivity index (χ4v) is 4.48. The Hall–Kier alpha value is -3.31. The van der Waals surface area contributed by atoms with Gasteiger partial charge in [0.15, 0.2) is 11.5 Å². The molecule has 3 aromatic carbocycles. The van der Waals surface area contributed by atoms with Crippen LogP contribution in [0.5, 0.6) is 11.5 Å². The average Bonchev–Trinajstić information content (AvgIpc) is 2.85. The SMILES string of the molecule is COc1ccc(NC(=O)[C@H]2C[C@@H](c3ccccc3)CN(Cc3ccccc3)C2)cc1OC. The number of rotatable bonds is 7. The zero-order valence-corrected chi connectivity index (χ0v) is 18.7. The van der Waals surface area contributed by atoms with E-state index in [1.165, 1.54) is 11.1 Å². The Labute approximate surface area is 190 Å². The van der Waals surface area contributed by atoms with Gasteiger partial charge in [0.2, 0.25) is 5.91 Å². The standard InChI is InChI=1S/C27H30N2O3/c1-31-25-14-13-24(16-26(25)32-2)28-27(30)23-15-22(21-11-7-4-8-12-21)18-29(19-23)17-20-9-5-3-6-10-20/h3-14,16,22-23H,15,17-19H2,1-2H3,(H,28,30)/t22-,23+/m1/s1. The van der Waals surface area contributed by atoms with Crippen LogP contribution in [0.15, 0.2) is 78.9 Å². The lowest BCUT2D eigenvalue weighted by Gasteiger charge is -2.37. The molecule has 1 saturated heterocycles. The molecule has 5 heteroatoms. The highest BCUT2D eigenvalue weighted by Gasteiger charge is 2.32. The van der Waals surface area contributed by atoms with Crippen LogP contribution < -0.4 is 14.8 Å². The van der Waals surface area contributed by atoms with Crippen LogP contribution in [-0.4, -0.2) is 38.1 Å². The zero-order valence-electron chi connectivity index (χ0n) is 18.7. The Morgan fingerprint density at radius 2 is 1.59 bits per heavy atom. The number of methoxy groups -OCH3 is 2. The van der Waals surface area contributed by atoms with Crippen LogP contribution >= 0.6 is 0 Å². The number of anilines is 1. The van der Waals surface area contributed by atoms with E-state index < -0.39 is 0 Å². The summed E-state index contributed by atoms with van der Waals surface area (Å²) in [5.41, 5.74) is 3.26. The molecule has 0 unspecified atom stereocenters. The molecule has 0 aromatic heterocycles. The quantitative estimate of drug-likeness (QED) is 0.576. The average molecular weight is 431 g/mol. The monoisotopic (exact) mass is 430 g/mol. The van der Waals surface area contributed by atoms with Gasteiger partial charge in [-0.25, -0.2) is 0 Å². The predicted octanol–water partition coefficient (Wildman–Crippen LogP) is 4.95. The number of benzene rings is 3. The molecule has 32 heavy (non-hydrogen) atoms. The molecule has 4 rings (SSSR count). The fourth-order valence-electron chi connectivity index (χ4n) is 4.48. The number of ether oxygens (including phenoxy) is 2. The molecule has 0 spiro atoms. The molecule has 0 aliphatic carbocycles. The molecule has 1 aliphatic rings. The lowest BCUT2D eigenvalue weighted by molar-refractivity contribution is -0.121. The first-order valence-electron chi connectivity index (χ1n) is 11.0. The third kappa shape index (κ3) is 5.29. The summed E-state index contributed by atoms with van der Waals surface area (Å²) in [6.45, 7) is 2.51. The van der Waals surface area contributed by atoms with E-state index in [1.807, 2.05) is 24.3 Å². The highest BCUT2D eigenvalue weighted by atomic mass is 16.5. The molecule has 0 radical (unpaired) electrons. The summed E-state index contributed by atoms with van der Waals surface area (Å²) in [7, 11) is 3.19. The molecule has 1 amide bonds. The number of piperidine rings is 1. The van der Waals surface area contributed by atoms with E-state index in [0.29, 0.717) is 23.1 Å². The number of nitrogens with zero attached hydrogens (tertiary/aromatic N) is 1. The van der Waals surface area contributed by atoms with Crippen molar-refractivity contribution < 1.29 is 14.3 Å². The van der Waals surface area contributed by atoms with Gasteiger partial charge in [0.25, 0.3) is 0 Å². The molecular formula is C27H30N2O3. The van der Waals surface area contributed by atoms with Crippen LogP contribution in [0.4, 0.5) is 5.69 Å². The first-order chi connectivity index (χ1) is 15.7. The number of hydrogen-bond donors (Lipinski definition) is 1. The number of carbonyl (C=O) groups excluding carboxylic acids is 1.